The number of ether oxygens (including phenoxy) is 1. The topological polar surface area (TPSA) is 130 Å². The third kappa shape index (κ3) is 3.65. The maximum absolute atomic E-state index is 13.6. The van der Waals surface area contributed by atoms with Crippen LogP contribution in [0.4, 0.5) is 16.2 Å². The number of carboxylic acid groups (broad SMARTS) is 1. The van der Waals surface area contributed by atoms with Gasteiger partial charge in [-0.2, -0.15) is 5.26 Å². The van der Waals surface area contributed by atoms with Crippen LogP contribution in [0, 0.1) is 18.3 Å². The molecule has 0 saturated heterocycles. The number of nitrogens with two attached hydrogens (primary N) is 1. The second-order valence-electron chi connectivity index (χ2n) is 7.69. The summed E-state index contributed by atoms with van der Waals surface area (Å²) in [4.78, 5) is 25.4. The van der Waals surface area contributed by atoms with Gasteiger partial charge >= 0.3 is 6.09 Å². The number of nitriles is 1. The van der Waals surface area contributed by atoms with Gasteiger partial charge in [0, 0.05) is 17.1 Å². The average molecular weight is 432 g/mol. The Bertz CT molecular complexity index is 1290. The molecule has 0 aliphatic rings. The Hall–Kier alpha value is -4.25. The van der Waals surface area contributed by atoms with Crippen molar-refractivity contribution in [3.8, 4) is 11.8 Å². The molecule has 1 atom stereocenters. The highest BCUT2D eigenvalue weighted by Gasteiger charge is 2.39. The summed E-state index contributed by atoms with van der Waals surface area (Å²) < 4.78 is 6.74. The molecule has 0 spiro atoms. The first kappa shape index (κ1) is 22.4. The number of rotatable bonds is 6. The fraction of sp³-hybridized carbons (Fsp3) is 0.208. The Kier molecular flexibility index (Phi) is 5.94. The molecule has 0 bridgehead atoms. The van der Waals surface area contributed by atoms with Gasteiger partial charge in [0.05, 0.1) is 41.0 Å². The molecule has 3 aromatic rings. The van der Waals surface area contributed by atoms with Crippen molar-refractivity contribution in [3.63, 3.8) is 0 Å². The van der Waals surface area contributed by atoms with Crippen molar-refractivity contribution in [3.05, 3.63) is 65.9 Å². The number of nitrogens with zero attached hydrogens (tertiary/aromatic N) is 2. The Balaban J connectivity index is 2.24. The lowest BCUT2D eigenvalue weighted by molar-refractivity contribution is -0.121. The van der Waals surface area contributed by atoms with E-state index in [0.29, 0.717) is 44.7 Å². The van der Waals surface area contributed by atoms with Gasteiger partial charge in [-0.05, 0) is 56.2 Å². The number of carbonyl (C=O) groups is 2. The van der Waals surface area contributed by atoms with Gasteiger partial charge in [0.1, 0.15) is 5.75 Å². The quantitative estimate of drug-likeness (QED) is 0.391. The summed E-state index contributed by atoms with van der Waals surface area (Å²) in [6, 6.07) is 10.0. The molecule has 0 aliphatic heterocycles. The van der Waals surface area contributed by atoms with Gasteiger partial charge in [-0.25, -0.2) is 4.79 Å². The summed E-state index contributed by atoms with van der Waals surface area (Å²) in [6.45, 7) is 7.32. The molecular formula is C24H24N4O4. The molecule has 164 valence electrons. The lowest BCUT2D eigenvalue weighted by Crippen LogP contribution is -2.38. The fourth-order valence-electron chi connectivity index (χ4n) is 3.99. The molecule has 8 heteroatoms. The zero-order valence-electron chi connectivity index (χ0n) is 18.1. The number of amides is 1. The van der Waals surface area contributed by atoms with Crippen molar-refractivity contribution >= 4 is 34.3 Å². The third-order valence-electron chi connectivity index (χ3n) is 5.59. The first-order valence-corrected chi connectivity index (χ1v) is 9.82. The van der Waals surface area contributed by atoms with Gasteiger partial charge in [-0.1, -0.05) is 6.08 Å². The number of hydrogen-bond acceptors (Lipinski definition) is 5. The largest absolute Gasteiger partial charge is 0.496 e. The van der Waals surface area contributed by atoms with E-state index in [1.54, 1.807) is 44.2 Å². The second kappa shape index (κ2) is 8.47. The van der Waals surface area contributed by atoms with Crippen LogP contribution >= 0.6 is 0 Å². The van der Waals surface area contributed by atoms with Gasteiger partial charge in [0.15, 0.2) is 0 Å². The van der Waals surface area contributed by atoms with Gasteiger partial charge < -0.3 is 20.9 Å². The van der Waals surface area contributed by atoms with Crippen LogP contribution in [0.15, 0.2) is 49.2 Å². The van der Waals surface area contributed by atoms with Crippen LogP contribution in [0.3, 0.4) is 0 Å². The van der Waals surface area contributed by atoms with Crippen molar-refractivity contribution < 1.29 is 19.4 Å². The van der Waals surface area contributed by atoms with Crippen LogP contribution in [0.1, 0.15) is 30.0 Å². The number of aryl methyl sites for hydroxylation is 1. The molecule has 0 radical (unpaired) electrons. The highest BCUT2D eigenvalue weighted by atomic mass is 16.5. The summed E-state index contributed by atoms with van der Waals surface area (Å²) in [6.07, 6.45) is 2.18. The molecule has 1 unspecified atom stereocenters. The van der Waals surface area contributed by atoms with Crippen molar-refractivity contribution in [1.82, 2.24) is 4.57 Å². The predicted octanol–water partition coefficient (Wildman–Crippen LogP) is 4.41. The molecule has 4 N–H and O–H groups in total. The lowest BCUT2D eigenvalue weighted by Gasteiger charge is -2.31. The van der Waals surface area contributed by atoms with E-state index >= 15 is 0 Å². The third-order valence-corrected chi connectivity index (χ3v) is 5.59. The number of benzene rings is 2. The smallest absolute Gasteiger partial charge is 0.416 e. The summed E-state index contributed by atoms with van der Waals surface area (Å²) in [5.74, 6) is 0.0575. The van der Waals surface area contributed by atoms with Crippen molar-refractivity contribution in [2.24, 2.45) is 0 Å². The molecule has 2 aromatic carbocycles. The average Bonchev–Trinajstić information content (AvgIpc) is 3.20. The van der Waals surface area contributed by atoms with Gasteiger partial charge in [0.2, 0.25) is 5.91 Å². The number of anilines is 2. The SMILES string of the molecule is C=CCC(C)(C(=O)Nc1cc(C#N)ccc1N)c1c(OC)cc(C)c2c1ccn2C(=O)O. The van der Waals surface area contributed by atoms with E-state index in [1.165, 1.54) is 19.4 Å². The van der Waals surface area contributed by atoms with Crippen molar-refractivity contribution in [2.75, 3.05) is 18.2 Å². The Labute approximate surface area is 185 Å². The number of nitrogens with one attached hydrogen (secondary N) is 1. The molecule has 0 fully saturated rings. The van der Waals surface area contributed by atoms with Crippen LogP contribution < -0.4 is 15.8 Å². The standard InChI is InChI=1S/C24H24N4O4/c1-5-9-24(3,22(29)27-18-12-15(13-25)6-7-17(18)26)20-16-8-10-28(23(30)31)21(16)14(2)11-19(20)32-4/h5-8,10-12H,1,9,26H2,2-4H3,(H,27,29)(H,30,31). The summed E-state index contributed by atoms with van der Waals surface area (Å²) in [7, 11) is 1.50. The number of methoxy groups -OCH3 is 1. The maximum Gasteiger partial charge on any atom is 0.416 e. The second-order valence-corrected chi connectivity index (χ2v) is 7.69. The number of aromatic nitrogens is 1. The van der Waals surface area contributed by atoms with Crippen molar-refractivity contribution in [2.45, 2.75) is 25.7 Å². The minimum Gasteiger partial charge on any atom is -0.496 e. The zero-order valence-corrected chi connectivity index (χ0v) is 18.1. The molecule has 8 nitrogen and oxygen atoms in total. The van der Waals surface area contributed by atoms with E-state index in [1.807, 2.05) is 6.07 Å². The molecule has 1 heterocycles. The van der Waals surface area contributed by atoms with Gasteiger partial charge in [-0.15, -0.1) is 6.58 Å². The minimum atomic E-state index is -1.18. The summed E-state index contributed by atoms with van der Waals surface area (Å²) in [5, 5.41) is 22.2. The van der Waals surface area contributed by atoms with Crippen LogP contribution in [0.2, 0.25) is 0 Å². The molecule has 1 amide bonds. The molecule has 32 heavy (non-hydrogen) atoms. The van der Waals surface area contributed by atoms with E-state index in [9.17, 15) is 20.0 Å². The number of allylic oxidation sites excluding steroid dienone is 1. The van der Waals surface area contributed by atoms with Crippen LogP contribution in [-0.2, 0) is 10.2 Å². The molecule has 3 rings (SSSR count). The van der Waals surface area contributed by atoms with E-state index in [2.05, 4.69) is 11.9 Å². The van der Waals surface area contributed by atoms with Crippen LogP contribution in [-0.4, -0.2) is 28.8 Å². The first-order valence-electron chi connectivity index (χ1n) is 9.82. The van der Waals surface area contributed by atoms with E-state index in [-0.39, 0.29) is 6.42 Å². The van der Waals surface area contributed by atoms with E-state index in [0.717, 1.165) is 4.57 Å². The monoisotopic (exact) mass is 432 g/mol. The highest BCUT2D eigenvalue weighted by molar-refractivity contribution is 6.06. The Morgan fingerprint density at radius 1 is 1.38 bits per heavy atom. The zero-order chi connectivity index (χ0) is 23.6. The van der Waals surface area contributed by atoms with E-state index in [4.69, 9.17) is 10.5 Å². The van der Waals surface area contributed by atoms with Gasteiger partial charge in [0.25, 0.3) is 0 Å². The Morgan fingerprint density at radius 2 is 2.09 bits per heavy atom. The molecule has 0 aliphatic carbocycles. The lowest BCUT2D eigenvalue weighted by atomic mass is 9.76. The van der Waals surface area contributed by atoms with Crippen LogP contribution in [0.25, 0.3) is 10.9 Å². The fourth-order valence-corrected chi connectivity index (χ4v) is 3.99. The van der Waals surface area contributed by atoms with E-state index < -0.39 is 17.4 Å². The number of carbonyl (C=O) groups excluding carboxylic acids is 1. The minimum absolute atomic E-state index is 0.240. The number of hydrogen-bond donors (Lipinski definition) is 3. The maximum atomic E-state index is 13.6. The van der Waals surface area contributed by atoms with Crippen molar-refractivity contribution in [1.29, 1.82) is 5.26 Å². The molecule has 1 aromatic heterocycles. The number of fused-ring (bicyclic) bond motifs is 1. The Morgan fingerprint density at radius 3 is 2.69 bits per heavy atom. The number of nitrogen functional groups attached to an aromatic ring is 1. The highest BCUT2D eigenvalue weighted by Crippen LogP contribution is 2.43. The molecule has 0 saturated carbocycles. The van der Waals surface area contributed by atoms with Gasteiger partial charge in [-0.3, -0.25) is 9.36 Å². The summed E-state index contributed by atoms with van der Waals surface area (Å²) >= 11 is 0. The first-order chi connectivity index (χ1) is 15.2. The summed E-state index contributed by atoms with van der Waals surface area (Å²) in [5.41, 5.74) is 7.52. The predicted molar refractivity (Wildman–Crippen MR) is 123 cm³/mol. The molecular weight excluding hydrogens is 408 g/mol. The van der Waals surface area contributed by atoms with Crippen LogP contribution in [0.5, 0.6) is 5.75 Å². The normalized spacial score (nSPS) is 12.6.